The van der Waals surface area contributed by atoms with E-state index >= 15 is 0 Å². The van der Waals surface area contributed by atoms with E-state index in [4.69, 9.17) is 10.7 Å². The maximum absolute atomic E-state index is 10.8. The zero-order chi connectivity index (χ0) is 9.35. The Morgan fingerprint density at radius 1 is 1.58 bits per heavy atom. The summed E-state index contributed by atoms with van der Waals surface area (Å²) in [6.07, 6.45) is 0.600. The van der Waals surface area contributed by atoms with Crippen molar-refractivity contribution in [2.75, 3.05) is 0 Å². The molecule has 0 radical (unpaired) electrons. The molecule has 3 nitrogen and oxygen atoms in total. The van der Waals surface area contributed by atoms with Gasteiger partial charge in [-0.3, -0.25) is 4.79 Å². The second-order valence-electron chi connectivity index (χ2n) is 2.12. The van der Waals surface area contributed by atoms with Crippen LogP contribution in [0.5, 0.6) is 0 Å². The summed E-state index contributed by atoms with van der Waals surface area (Å²) >= 11 is 1.11. The van der Waals surface area contributed by atoms with Crippen LogP contribution in [0.1, 0.15) is 14.5 Å². The molecule has 1 aromatic rings. The zero-order valence-corrected chi connectivity index (χ0v) is 8.46. The standard InChI is InChI=1S/C6H5ClO3S2/c1-4-6(12(7,9)10)2-5(3-8)11-4/h2-3H,1H3. The topological polar surface area (TPSA) is 51.2 Å². The number of thiophene rings is 1. The summed E-state index contributed by atoms with van der Waals surface area (Å²) in [4.78, 5) is 11.2. The van der Waals surface area contributed by atoms with Gasteiger partial charge in [0.15, 0.2) is 6.29 Å². The maximum Gasteiger partial charge on any atom is 0.262 e. The molecule has 1 aromatic heterocycles. The van der Waals surface area contributed by atoms with Crippen LogP contribution in [-0.4, -0.2) is 14.7 Å². The first kappa shape index (κ1) is 9.70. The van der Waals surface area contributed by atoms with Crippen LogP contribution >= 0.6 is 22.0 Å². The molecule has 0 aliphatic carbocycles. The van der Waals surface area contributed by atoms with E-state index in [2.05, 4.69) is 0 Å². The van der Waals surface area contributed by atoms with E-state index in [1.54, 1.807) is 6.92 Å². The lowest BCUT2D eigenvalue weighted by Crippen LogP contribution is -1.88. The highest BCUT2D eigenvalue weighted by atomic mass is 35.7. The molecule has 0 amide bonds. The SMILES string of the molecule is Cc1sc(C=O)cc1S(=O)(=O)Cl. The fourth-order valence-electron chi connectivity index (χ4n) is 0.788. The minimum Gasteiger partial charge on any atom is -0.297 e. The smallest absolute Gasteiger partial charge is 0.262 e. The van der Waals surface area contributed by atoms with Gasteiger partial charge in [0, 0.05) is 15.6 Å². The van der Waals surface area contributed by atoms with E-state index in [9.17, 15) is 13.2 Å². The minimum absolute atomic E-state index is 0.0243. The van der Waals surface area contributed by atoms with Crippen LogP contribution in [0.15, 0.2) is 11.0 Å². The van der Waals surface area contributed by atoms with E-state index in [-0.39, 0.29) is 4.90 Å². The van der Waals surface area contributed by atoms with Crippen molar-refractivity contribution in [2.45, 2.75) is 11.8 Å². The average Bonchev–Trinajstić information content (AvgIpc) is 2.29. The van der Waals surface area contributed by atoms with Crippen molar-refractivity contribution in [3.8, 4) is 0 Å². The van der Waals surface area contributed by atoms with Crippen molar-refractivity contribution in [1.82, 2.24) is 0 Å². The Bertz CT molecular complexity index is 404. The number of rotatable bonds is 2. The second kappa shape index (κ2) is 3.16. The van der Waals surface area contributed by atoms with Crippen LogP contribution < -0.4 is 0 Å². The largest absolute Gasteiger partial charge is 0.297 e. The Hall–Kier alpha value is -0.390. The van der Waals surface area contributed by atoms with E-state index in [1.165, 1.54) is 6.07 Å². The molecule has 0 unspecified atom stereocenters. The van der Waals surface area contributed by atoms with E-state index < -0.39 is 9.05 Å². The van der Waals surface area contributed by atoms with E-state index in [1.807, 2.05) is 0 Å². The molecular formula is C6H5ClO3S2. The van der Waals surface area contributed by atoms with Gasteiger partial charge >= 0.3 is 0 Å². The summed E-state index contributed by atoms with van der Waals surface area (Å²) in [5.41, 5.74) is 0. The van der Waals surface area contributed by atoms with Crippen molar-refractivity contribution < 1.29 is 13.2 Å². The van der Waals surface area contributed by atoms with Gasteiger partial charge < -0.3 is 0 Å². The third-order valence-corrected chi connectivity index (χ3v) is 3.82. The average molecular weight is 225 g/mol. The van der Waals surface area contributed by atoms with Crippen molar-refractivity contribution in [1.29, 1.82) is 0 Å². The second-order valence-corrected chi connectivity index (χ2v) is 5.95. The lowest BCUT2D eigenvalue weighted by Gasteiger charge is -1.89. The van der Waals surface area contributed by atoms with Crippen molar-refractivity contribution in [2.24, 2.45) is 0 Å². The molecule has 0 spiro atoms. The van der Waals surface area contributed by atoms with Gasteiger partial charge in [-0.25, -0.2) is 8.42 Å². The number of aldehydes is 1. The lowest BCUT2D eigenvalue weighted by atomic mass is 10.4. The van der Waals surface area contributed by atoms with Gasteiger partial charge in [0.05, 0.1) is 9.77 Å². The highest BCUT2D eigenvalue weighted by molar-refractivity contribution is 8.13. The number of hydrogen-bond acceptors (Lipinski definition) is 4. The van der Waals surface area contributed by atoms with Crippen molar-refractivity contribution >= 4 is 37.4 Å². The Balaban J connectivity index is 3.36. The number of hydrogen-bond donors (Lipinski definition) is 0. The molecular weight excluding hydrogens is 220 g/mol. The molecule has 0 aromatic carbocycles. The van der Waals surface area contributed by atoms with Crippen molar-refractivity contribution in [3.63, 3.8) is 0 Å². The molecule has 0 saturated carbocycles. The maximum atomic E-state index is 10.8. The van der Waals surface area contributed by atoms with Gasteiger partial charge in [0.1, 0.15) is 0 Å². The molecule has 1 rings (SSSR count). The van der Waals surface area contributed by atoms with Gasteiger partial charge in [0.25, 0.3) is 9.05 Å². The van der Waals surface area contributed by atoms with Gasteiger partial charge in [-0.15, -0.1) is 11.3 Å². The molecule has 0 saturated heterocycles. The van der Waals surface area contributed by atoms with Gasteiger partial charge in [-0.1, -0.05) is 0 Å². The van der Waals surface area contributed by atoms with Crippen LogP contribution in [0.3, 0.4) is 0 Å². The molecule has 0 aliphatic heterocycles. The molecule has 0 fully saturated rings. The third kappa shape index (κ3) is 1.85. The minimum atomic E-state index is -3.70. The first-order chi connectivity index (χ1) is 5.45. The van der Waals surface area contributed by atoms with Crippen LogP contribution in [0.2, 0.25) is 0 Å². The number of halogens is 1. The quantitative estimate of drug-likeness (QED) is 0.569. The molecule has 12 heavy (non-hydrogen) atoms. The van der Waals surface area contributed by atoms with E-state index in [0.717, 1.165) is 11.3 Å². The predicted molar refractivity (Wildman–Crippen MR) is 47.5 cm³/mol. The summed E-state index contributed by atoms with van der Waals surface area (Å²) in [7, 11) is 1.40. The molecule has 66 valence electrons. The molecule has 6 heteroatoms. The normalized spacial score (nSPS) is 11.5. The first-order valence-electron chi connectivity index (χ1n) is 2.95. The number of carbonyl (C=O) groups excluding carboxylic acids is 1. The zero-order valence-electron chi connectivity index (χ0n) is 6.07. The Kier molecular flexibility index (Phi) is 2.55. The van der Waals surface area contributed by atoms with Crippen LogP contribution in [0.4, 0.5) is 0 Å². The molecule has 0 N–H and O–H groups in total. The molecule has 1 heterocycles. The van der Waals surface area contributed by atoms with Gasteiger partial charge in [-0.05, 0) is 13.0 Å². The Morgan fingerprint density at radius 3 is 2.42 bits per heavy atom. The molecule has 0 atom stereocenters. The number of aryl methyl sites for hydroxylation is 1. The summed E-state index contributed by atoms with van der Waals surface area (Å²) in [5.74, 6) is 0. The summed E-state index contributed by atoms with van der Waals surface area (Å²) in [6, 6.07) is 1.27. The summed E-state index contributed by atoms with van der Waals surface area (Å²) < 4.78 is 21.7. The fraction of sp³-hybridized carbons (Fsp3) is 0.167. The van der Waals surface area contributed by atoms with Crippen LogP contribution in [0.25, 0.3) is 0 Å². The Labute approximate surface area is 78.4 Å². The van der Waals surface area contributed by atoms with Crippen molar-refractivity contribution in [3.05, 3.63) is 15.8 Å². The Morgan fingerprint density at radius 2 is 2.17 bits per heavy atom. The van der Waals surface area contributed by atoms with Gasteiger partial charge in [0.2, 0.25) is 0 Å². The number of carbonyl (C=O) groups is 1. The molecule has 0 bridgehead atoms. The summed E-state index contributed by atoms with van der Waals surface area (Å²) in [6.45, 7) is 1.60. The van der Waals surface area contributed by atoms with E-state index in [0.29, 0.717) is 16.0 Å². The fourth-order valence-corrected chi connectivity index (χ4v) is 3.28. The lowest BCUT2D eigenvalue weighted by molar-refractivity contribution is 0.112. The first-order valence-corrected chi connectivity index (χ1v) is 6.08. The monoisotopic (exact) mass is 224 g/mol. The molecule has 0 aliphatic rings. The third-order valence-electron chi connectivity index (χ3n) is 1.27. The highest BCUT2D eigenvalue weighted by Gasteiger charge is 2.16. The highest BCUT2D eigenvalue weighted by Crippen LogP contribution is 2.26. The van der Waals surface area contributed by atoms with Gasteiger partial charge in [-0.2, -0.15) is 0 Å². The van der Waals surface area contributed by atoms with Crippen LogP contribution in [0, 0.1) is 6.92 Å². The summed E-state index contributed by atoms with van der Waals surface area (Å²) in [5, 5.41) is 0. The predicted octanol–water partition coefficient (Wildman–Crippen LogP) is 1.80. The van der Waals surface area contributed by atoms with Crippen LogP contribution in [-0.2, 0) is 9.05 Å².